The van der Waals surface area contributed by atoms with Gasteiger partial charge < -0.3 is 0 Å². The van der Waals surface area contributed by atoms with Gasteiger partial charge in [-0.05, 0) is 59.0 Å². The quantitative estimate of drug-likeness (QED) is 0.531. The van der Waals surface area contributed by atoms with Gasteiger partial charge >= 0.3 is 0 Å². The molecule has 0 bridgehead atoms. The van der Waals surface area contributed by atoms with E-state index in [1.165, 1.54) is 18.3 Å². The highest BCUT2D eigenvalue weighted by atomic mass is 32.2. The van der Waals surface area contributed by atoms with Gasteiger partial charge in [-0.25, -0.2) is 22.9 Å². The maximum Gasteiger partial charge on any atom is 0.273 e. The van der Waals surface area contributed by atoms with Crippen LogP contribution in [-0.4, -0.2) is 34.0 Å². The number of sulfonamides is 1. The van der Waals surface area contributed by atoms with Crippen LogP contribution in [0.2, 0.25) is 0 Å². The molecule has 11 heteroatoms. The van der Waals surface area contributed by atoms with Gasteiger partial charge in [-0.2, -0.15) is 0 Å². The summed E-state index contributed by atoms with van der Waals surface area (Å²) in [5.74, 6) is 0.116. The van der Waals surface area contributed by atoms with Gasteiger partial charge in [0.2, 0.25) is 0 Å². The number of H-pyrrole nitrogens is 1. The van der Waals surface area contributed by atoms with E-state index in [0.717, 1.165) is 16.9 Å². The Balaban J connectivity index is 1.54. The fourth-order valence-electron chi connectivity index (χ4n) is 2.29. The van der Waals surface area contributed by atoms with E-state index in [0.29, 0.717) is 22.1 Å². The number of rotatable bonds is 5. The van der Waals surface area contributed by atoms with E-state index in [9.17, 15) is 12.8 Å². The lowest BCUT2D eigenvalue weighted by Crippen LogP contribution is -2.11. The molecule has 0 spiro atoms. The molecule has 0 aliphatic carbocycles. The normalized spacial score (nSPS) is 11.4. The number of tetrazole rings is 1. The third kappa shape index (κ3) is 3.68. The molecule has 0 amide bonds. The molecule has 27 heavy (non-hydrogen) atoms. The Bertz CT molecular complexity index is 1160. The minimum absolute atomic E-state index is 0.0605. The highest BCUT2D eigenvalue weighted by Gasteiger charge is 2.19. The Morgan fingerprint density at radius 1 is 1.00 bits per heavy atom. The number of aromatic amines is 1. The Kier molecular flexibility index (Phi) is 4.38. The lowest BCUT2D eigenvalue weighted by molar-refractivity contribution is 0.603. The lowest BCUT2D eigenvalue weighted by Gasteiger charge is -2.06. The predicted molar refractivity (Wildman–Crippen MR) is 97.9 cm³/mol. The zero-order chi connectivity index (χ0) is 18.9. The van der Waals surface area contributed by atoms with Gasteiger partial charge in [0.15, 0.2) is 10.0 Å². The first-order valence-electron chi connectivity index (χ1n) is 7.60. The molecule has 0 aliphatic heterocycles. The van der Waals surface area contributed by atoms with Gasteiger partial charge in [-0.1, -0.05) is 0 Å². The van der Waals surface area contributed by atoms with Gasteiger partial charge in [0.05, 0.1) is 6.20 Å². The van der Waals surface area contributed by atoms with E-state index in [1.807, 2.05) is 0 Å². The zero-order valence-corrected chi connectivity index (χ0v) is 15.1. The van der Waals surface area contributed by atoms with E-state index in [2.05, 4.69) is 30.3 Å². The maximum atomic E-state index is 13.0. The van der Waals surface area contributed by atoms with Gasteiger partial charge in [-0.3, -0.25) is 4.72 Å². The van der Waals surface area contributed by atoms with Gasteiger partial charge in [-0.15, -0.1) is 16.4 Å². The van der Waals surface area contributed by atoms with Crippen LogP contribution >= 0.6 is 11.3 Å². The molecule has 0 unspecified atom stereocenters. The van der Waals surface area contributed by atoms with E-state index in [1.54, 1.807) is 36.4 Å². The molecule has 0 atom stereocenters. The minimum atomic E-state index is -3.79. The maximum absolute atomic E-state index is 13.0. The smallest absolute Gasteiger partial charge is 0.273 e. The first-order valence-corrected chi connectivity index (χ1v) is 9.90. The Labute approximate surface area is 157 Å². The first-order chi connectivity index (χ1) is 13.0. The van der Waals surface area contributed by atoms with Crippen LogP contribution in [0.1, 0.15) is 0 Å². The van der Waals surface area contributed by atoms with Gasteiger partial charge in [0, 0.05) is 16.8 Å². The third-order valence-corrected chi connectivity index (χ3v) is 6.49. The number of thiazole rings is 1. The van der Waals surface area contributed by atoms with Crippen LogP contribution in [-0.2, 0) is 10.0 Å². The lowest BCUT2D eigenvalue weighted by atomic mass is 10.2. The average Bonchev–Trinajstić information content (AvgIpc) is 3.35. The van der Waals surface area contributed by atoms with Crippen molar-refractivity contribution in [3.8, 4) is 22.0 Å². The Morgan fingerprint density at radius 2 is 1.70 bits per heavy atom. The van der Waals surface area contributed by atoms with Crippen molar-refractivity contribution in [1.82, 2.24) is 25.6 Å². The predicted octanol–water partition coefficient (Wildman–Crippen LogP) is 2.93. The van der Waals surface area contributed by atoms with Crippen LogP contribution < -0.4 is 4.72 Å². The van der Waals surface area contributed by atoms with Crippen molar-refractivity contribution >= 4 is 27.0 Å². The standard InChI is InChI=1S/C16H11FN6O2S2/c17-12-5-1-11(2-6-12)16-18-9-14(26-16)27(24,25)21-13-7-3-10(4-8-13)15-19-22-23-20-15/h1-9,21H,(H,19,20,22,23). The number of nitrogens with zero attached hydrogens (tertiary/aromatic N) is 4. The van der Waals surface area contributed by atoms with Crippen LogP contribution in [0.4, 0.5) is 10.1 Å². The van der Waals surface area contributed by atoms with Crippen LogP contribution in [0.5, 0.6) is 0 Å². The van der Waals surface area contributed by atoms with E-state index in [-0.39, 0.29) is 10.0 Å². The molecule has 0 radical (unpaired) electrons. The van der Waals surface area contributed by atoms with Crippen molar-refractivity contribution < 1.29 is 12.8 Å². The van der Waals surface area contributed by atoms with Crippen molar-refractivity contribution in [3.05, 3.63) is 60.5 Å². The second-order valence-electron chi connectivity index (χ2n) is 5.42. The van der Waals surface area contributed by atoms with Gasteiger partial charge in [0.1, 0.15) is 10.8 Å². The molecule has 8 nitrogen and oxygen atoms in total. The highest BCUT2D eigenvalue weighted by molar-refractivity contribution is 7.94. The van der Waals surface area contributed by atoms with Crippen molar-refractivity contribution in [2.24, 2.45) is 0 Å². The van der Waals surface area contributed by atoms with Crippen molar-refractivity contribution in [1.29, 1.82) is 0 Å². The van der Waals surface area contributed by atoms with Crippen LogP contribution in [0.3, 0.4) is 0 Å². The first kappa shape index (κ1) is 17.2. The summed E-state index contributed by atoms with van der Waals surface area (Å²) in [6.07, 6.45) is 1.28. The number of benzene rings is 2. The number of nitrogens with one attached hydrogen (secondary N) is 2. The summed E-state index contributed by atoms with van der Waals surface area (Å²) in [6.45, 7) is 0. The molecule has 4 rings (SSSR count). The zero-order valence-electron chi connectivity index (χ0n) is 13.5. The van der Waals surface area contributed by atoms with Crippen LogP contribution in [0.15, 0.2) is 58.9 Å². The molecule has 0 saturated heterocycles. The average molecular weight is 402 g/mol. The molecule has 2 N–H and O–H groups in total. The summed E-state index contributed by atoms with van der Waals surface area (Å²) in [5.41, 5.74) is 1.76. The molecule has 2 aromatic carbocycles. The van der Waals surface area contributed by atoms with Crippen molar-refractivity contribution in [3.63, 3.8) is 0 Å². The van der Waals surface area contributed by atoms with Gasteiger partial charge in [0.25, 0.3) is 10.0 Å². The van der Waals surface area contributed by atoms with Crippen LogP contribution in [0.25, 0.3) is 22.0 Å². The number of hydrogen-bond donors (Lipinski definition) is 2. The molecule has 0 fully saturated rings. The Hall–Kier alpha value is -3.18. The number of aromatic nitrogens is 5. The molecule has 136 valence electrons. The Morgan fingerprint density at radius 3 is 2.37 bits per heavy atom. The molecule has 4 aromatic rings. The minimum Gasteiger partial charge on any atom is -0.279 e. The van der Waals surface area contributed by atoms with E-state index in [4.69, 9.17) is 0 Å². The topological polar surface area (TPSA) is 114 Å². The molecule has 2 heterocycles. The number of halogens is 1. The fraction of sp³-hybridized carbons (Fsp3) is 0. The van der Waals surface area contributed by atoms with E-state index >= 15 is 0 Å². The summed E-state index contributed by atoms with van der Waals surface area (Å²) < 4.78 is 40.7. The second-order valence-corrected chi connectivity index (χ2v) is 8.36. The largest absolute Gasteiger partial charge is 0.279 e. The summed E-state index contributed by atoms with van der Waals surface area (Å²) >= 11 is 1.00. The monoisotopic (exact) mass is 402 g/mol. The summed E-state index contributed by atoms with van der Waals surface area (Å²) in [7, 11) is -3.79. The van der Waals surface area contributed by atoms with Crippen molar-refractivity contribution in [2.75, 3.05) is 4.72 Å². The highest BCUT2D eigenvalue weighted by Crippen LogP contribution is 2.29. The van der Waals surface area contributed by atoms with E-state index < -0.39 is 10.0 Å². The molecule has 0 aliphatic rings. The molecular formula is C16H11FN6O2S2. The molecular weight excluding hydrogens is 391 g/mol. The summed E-state index contributed by atoms with van der Waals surface area (Å²) in [4.78, 5) is 4.12. The van der Waals surface area contributed by atoms with Crippen LogP contribution in [0, 0.1) is 5.82 Å². The number of hydrogen-bond acceptors (Lipinski definition) is 7. The second kappa shape index (κ2) is 6.85. The molecule has 0 saturated carbocycles. The third-order valence-electron chi connectivity index (χ3n) is 3.60. The summed E-state index contributed by atoms with van der Waals surface area (Å²) in [6, 6.07) is 12.3. The fourth-order valence-corrected chi connectivity index (χ4v) is 4.49. The number of anilines is 1. The molecule has 2 aromatic heterocycles. The SMILES string of the molecule is O=S(=O)(Nc1ccc(-c2nnn[nH]2)cc1)c1cnc(-c2ccc(F)cc2)s1. The summed E-state index contributed by atoms with van der Waals surface area (Å²) in [5, 5.41) is 13.9. The van der Waals surface area contributed by atoms with Crippen molar-refractivity contribution in [2.45, 2.75) is 4.21 Å².